The fourth-order valence-corrected chi connectivity index (χ4v) is 2.84. The number of hydrogen-bond acceptors (Lipinski definition) is 3. The quantitative estimate of drug-likeness (QED) is 0.663. The third kappa shape index (κ3) is 3.42. The summed E-state index contributed by atoms with van der Waals surface area (Å²) in [5.74, 6) is 1.21. The summed E-state index contributed by atoms with van der Waals surface area (Å²) < 4.78 is 7.30. The van der Waals surface area contributed by atoms with E-state index in [0.717, 1.165) is 17.7 Å². The molecular weight excluding hydrogens is 304 g/mol. The van der Waals surface area contributed by atoms with Gasteiger partial charge in [0, 0.05) is 30.3 Å². The summed E-state index contributed by atoms with van der Waals surface area (Å²) in [6.45, 7) is 3.49. The smallest absolute Gasteiger partial charge is 0.255 e. The van der Waals surface area contributed by atoms with Crippen molar-refractivity contribution >= 4 is 5.96 Å². The number of benzene rings is 1. The maximum Gasteiger partial charge on any atom is 0.255 e. The second kappa shape index (κ2) is 7.21. The van der Waals surface area contributed by atoms with Gasteiger partial charge in [-0.25, -0.2) is 4.99 Å². The number of para-hydroxylation sites is 1. The van der Waals surface area contributed by atoms with Gasteiger partial charge in [0.05, 0.1) is 19.2 Å². The van der Waals surface area contributed by atoms with Crippen molar-refractivity contribution in [3.63, 3.8) is 0 Å². The monoisotopic (exact) mass is 326 g/mol. The highest BCUT2D eigenvalue weighted by Crippen LogP contribution is 2.31. The minimum Gasteiger partial charge on any atom is -0.493 e. The second-order valence-electron chi connectivity index (χ2n) is 5.70. The molecule has 1 atom stereocenters. The van der Waals surface area contributed by atoms with Crippen molar-refractivity contribution in [2.24, 2.45) is 10.7 Å². The first kappa shape index (κ1) is 16.1. The molecule has 1 aliphatic heterocycles. The standard InChI is InChI=1S/C18H22N4O2/c1-2-22-10-5-6-13(17(22)23)12-20-18(19)21-15-9-11-24-16-8-4-3-7-14(15)16/h3-8,10,15H,2,9,11-12H2,1H3,(H3,19,20,21). The first-order valence-corrected chi connectivity index (χ1v) is 8.15. The summed E-state index contributed by atoms with van der Waals surface area (Å²) >= 11 is 0. The van der Waals surface area contributed by atoms with E-state index in [4.69, 9.17) is 10.5 Å². The molecule has 0 amide bonds. The molecule has 0 saturated carbocycles. The van der Waals surface area contributed by atoms with Crippen molar-refractivity contribution in [3.8, 4) is 5.75 Å². The number of nitrogens with zero attached hydrogens (tertiary/aromatic N) is 2. The average molecular weight is 326 g/mol. The summed E-state index contributed by atoms with van der Waals surface area (Å²) in [5.41, 5.74) is 7.71. The van der Waals surface area contributed by atoms with Crippen LogP contribution < -0.4 is 21.3 Å². The number of aromatic nitrogens is 1. The Bertz CT molecular complexity index is 798. The van der Waals surface area contributed by atoms with Gasteiger partial charge in [-0.1, -0.05) is 24.3 Å². The highest BCUT2D eigenvalue weighted by molar-refractivity contribution is 5.78. The Labute approximate surface area is 141 Å². The lowest BCUT2D eigenvalue weighted by molar-refractivity contribution is 0.262. The molecule has 6 heteroatoms. The van der Waals surface area contributed by atoms with Crippen LogP contribution in [0.1, 0.15) is 30.5 Å². The van der Waals surface area contributed by atoms with E-state index < -0.39 is 0 Å². The first-order valence-electron chi connectivity index (χ1n) is 8.15. The van der Waals surface area contributed by atoms with Crippen molar-refractivity contribution in [2.45, 2.75) is 32.5 Å². The van der Waals surface area contributed by atoms with E-state index in [1.165, 1.54) is 0 Å². The highest BCUT2D eigenvalue weighted by Gasteiger charge is 2.21. The third-order valence-corrected chi connectivity index (χ3v) is 4.14. The molecule has 1 aromatic heterocycles. The van der Waals surface area contributed by atoms with Crippen molar-refractivity contribution in [1.29, 1.82) is 0 Å². The summed E-state index contributed by atoms with van der Waals surface area (Å²) in [6, 6.07) is 11.6. The summed E-state index contributed by atoms with van der Waals surface area (Å²) in [4.78, 5) is 16.5. The van der Waals surface area contributed by atoms with Crippen LogP contribution in [0.5, 0.6) is 5.75 Å². The number of aliphatic imine (C=N–C) groups is 1. The van der Waals surface area contributed by atoms with E-state index in [2.05, 4.69) is 10.3 Å². The molecular formula is C18H22N4O2. The molecule has 0 saturated heterocycles. The molecule has 3 rings (SSSR count). The number of ether oxygens (including phenoxy) is 1. The van der Waals surface area contributed by atoms with Crippen LogP contribution in [-0.4, -0.2) is 17.1 Å². The van der Waals surface area contributed by atoms with Gasteiger partial charge in [-0.2, -0.15) is 0 Å². The molecule has 0 radical (unpaired) electrons. The number of nitrogens with two attached hydrogens (primary N) is 1. The largest absolute Gasteiger partial charge is 0.493 e. The van der Waals surface area contributed by atoms with Crippen LogP contribution in [-0.2, 0) is 13.1 Å². The Morgan fingerprint density at radius 1 is 1.38 bits per heavy atom. The molecule has 24 heavy (non-hydrogen) atoms. The molecule has 1 aliphatic rings. The maximum atomic E-state index is 12.2. The summed E-state index contributed by atoms with van der Waals surface area (Å²) in [7, 11) is 0. The molecule has 0 spiro atoms. The molecule has 0 aliphatic carbocycles. The number of rotatable bonds is 4. The SMILES string of the molecule is CCn1cccc(CN=C(N)NC2CCOc3ccccc32)c1=O. The topological polar surface area (TPSA) is 81.6 Å². The van der Waals surface area contributed by atoms with Gasteiger partial charge in [0.2, 0.25) is 0 Å². The Balaban J connectivity index is 1.71. The molecule has 3 N–H and O–H groups in total. The first-order chi connectivity index (χ1) is 11.7. The fourth-order valence-electron chi connectivity index (χ4n) is 2.84. The minimum atomic E-state index is -0.0204. The van der Waals surface area contributed by atoms with Crippen LogP contribution in [0.25, 0.3) is 0 Å². The van der Waals surface area contributed by atoms with Crippen molar-refractivity contribution in [3.05, 3.63) is 64.1 Å². The van der Waals surface area contributed by atoms with Gasteiger partial charge in [0.1, 0.15) is 5.75 Å². The van der Waals surface area contributed by atoms with E-state index >= 15 is 0 Å². The molecule has 2 aromatic rings. The Hall–Kier alpha value is -2.76. The van der Waals surface area contributed by atoms with E-state index in [0.29, 0.717) is 24.7 Å². The molecule has 1 unspecified atom stereocenters. The predicted octanol–water partition coefficient (Wildman–Crippen LogP) is 1.80. The number of pyridine rings is 1. The van der Waals surface area contributed by atoms with E-state index in [9.17, 15) is 4.79 Å². The zero-order chi connectivity index (χ0) is 16.9. The van der Waals surface area contributed by atoms with Gasteiger partial charge in [0.15, 0.2) is 5.96 Å². The van der Waals surface area contributed by atoms with E-state index in [1.54, 1.807) is 16.8 Å². The van der Waals surface area contributed by atoms with Crippen LogP contribution in [0.3, 0.4) is 0 Å². The van der Waals surface area contributed by atoms with Gasteiger partial charge >= 0.3 is 0 Å². The zero-order valence-electron chi connectivity index (χ0n) is 13.7. The van der Waals surface area contributed by atoms with Gasteiger partial charge < -0.3 is 20.4 Å². The average Bonchev–Trinajstić information content (AvgIpc) is 2.61. The number of aryl methyl sites for hydroxylation is 1. The summed E-state index contributed by atoms with van der Waals surface area (Å²) in [5, 5.41) is 3.23. The lowest BCUT2D eigenvalue weighted by atomic mass is 10.0. The van der Waals surface area contributed by atoms with Crippen molar-refractivity contribution in [2.75, 3.05) is 6.61 Å². The van der Waals surface area contributed by atoms with Crippen molar-refractivity contribution < 1.29 is 4.74 Å². The van der Waals surface area contributed by atoms with Gasteiger partial charge in [-0.15, -0.1) is 0 Å². The molecule has 6 nitrogen and oxygen atoms in total. The Morgan fingerprint density at radius 3 is 3.04 bits per heavy atom. The number of hydrogen-bond donors (Lipinski definition) is 2. The predicted molar refractivity (Wildman–Crippen MR) is 94.1 cm³/mol. The molecule has 2 heterocycles. The summed E-state index contributed by atoms with van der Waals surface area (Å²) in [6.07, 6.45) is 2.59. The van der Waals surface area contributed by atoms with Gasteiger partial charge in [0.25, 0.3) is 5.56 Å². The molecule has 0 fully saturated rings. The fraction of sp³-hybridized carbons (Fsp3) is 0.333. The van der Waals surface area contributed by atoms with Gasteiger partial charge in [-0.3, -0.25) is 4.79 Å². The van der Waals surface area contributed by atoms with Crippen LogP contribution >= 0.6 is 0 Å². The lowest BCUT2D eigenvalue weighted by Gasteiger charge is -2.26. The minimum absolute atomic E-state index is 0.0204. The lowest BCUT2D eigenvalue weighted by Crippen LogP contribution is -2.37. The van der Waals surface area contributed by atoms with Gasteiger partial charge in [-0.05, 0) is 19.1 Å². The van der Waals surface area contributed by atoms with Crippen LogP contribution in [0.15, 0.2) is 52.4 Å². The third-order valence-electron chi connectivity index (χ3n) is 4.14. The van der Waals surface area contributed by atoms with Crippen molar-refractivity contribution in [1.82, 2.24) is 9.88 Å². The van der Waals surface area contributed by atoms with Crippen LogP contribution in [0.2, 0.25) is 0 Å². The molecule has 126 valence electrons. The molecule has 0 bridgehead atoms. The molecule has 1 aromatic carbocycles. The Morgan fingerprint density at radius 2 is 2.21 bits per heavy atom. The van der Waals surface area contributed by atoms with E-state index in [-0.39, 0.29) is 18.1 Å². The Kier molecular flexibility index (Phi) is 4.84. The number of fused-ring (bicyclic) bond motifs is 1. The number of guanidine groups is 1. The zero-order valence-corrected chi connectivity index (χ0v) is 13.7. The van der Waals surface area contributed by atoms with Crippen LogP contribution in [0, 0.1) is 0 Å². The van der Waals surface area contributed by atoms with E-state index in [1.807, 2.05) is 37.3 Å². The normalized spacial score (nSPS) is 17.0. The number of nitrogens with one attached hydrogen (secondary N) is 1. The second-order valence-corrected chi connectivity index (χ2v) is 5.70. The highest BCUT2D eigenvalue weighted by atomic mass is 16.5. The maximum absolute atomic E-state index is 12.2. The van der Waals surface area contributed by atoms with Crippen LogP contribution in [0.4, 0.5) is 0 Å².